The fourth-order valence-electron chi connectivity index (χ4n) is 6.58. The van der Waals surface area contributed by atoms with E-state index in [1.807, 2.05) is 0 Å². The van der Waals surface area contributed by atoms with E-state index in [0.29, 0.717) is 0 Å². The molecule has 0 aromatic heterocycles. The van der Waals surface area contributed by atoms with Gasteiger partial charge in [-0.15, -0.1) is 0 Å². The highest BCUT2D eigenvalue weighted by molar-refractivity contribution is 4.72. The lowest BCUT2D eigenvalue weighted by atomic mass is 9.89. The molecule has 39 heavy (non-hydrogen) atoms. The van der Waals surface area contributed by atoms with Gasteiger partial charge in [-0.1, -0.05) is 195 Å². The Balaban J connectivity index is 3.99. The van der Waals surface area contributed by atoms with Gasteiger partial charge in [-0.2, -0.15) is 0 Å². The smallest absolute Gasteiger partial charge is 0.00926 e. The fourth-order valence-corrected chi connectivity index (χ4v) is 6.58. The number of hydrogen-bond acceptors (Lipinski definition) is 1. The summed E-state index contributed by atoms with van der Waals surface area (Å²) in [6.07, 6.45) is 42.0. The van der Waals surface area contributed by atoms with Crippen LogP contribution in [0, 0.1) is 5.92 Å². The van der Waals surface area contributed by atoms with Crippen molar-refractivity contribution in [2.24, 2.45) is 5.92 Å². The van der Waals surface area contributed by atoms with Crippen molar-refractivity contribution in [3.63, 3.8) is 0 Å². The molecule has 0 rings (SSSR count). The minimum atomic E-state index is 0.829. The molecule has 0 amide bonds. The number of nitrogens with zero attached hydrogens (tertiary/aromatic N) is 1. The first kappa shape index (κ1) is 39.0. The van der Waals surface area contributed by atoms with Gasteiger partial charge in [-0.3, -0.25) is 0 Å². The van der Waals surface area contributed by atoms with Gasteiger partial charge in [0.25, 0.3) is 0 Å². The standard InChI is InChI=1S/C38H79N/c1-6-11-15-16-17-18-19-20-21-22-23-24-25-26-27-29-32-37(31-28-12-7-2)33-30-34-38(10-5)39(35-13-8-3)36-14-9-4/h37-38H,6-36H2,1-5H3. The number of unbranched alkanes of at least 4 members (excludes halogenated alkanes) is 19. The fraction of sp³-hybridized carbons (Fsp3) is 1.00. The summed E-state index contributed by atoms with van der Waals surface area (Å²) in [6, 6.07) is 0.829. The van der Waals surface area contributed by atoms with Crippen LogP contribution in [0.5, 0.6) is 0 Å². The molecule has 0 bridgehead atoms. The van der Waals surface area contributed by atoms with Crippen molar-refractivity contribution in [2.45, 2.75) is 227 Å². The van der Waals surface area contributed by atoms with Gasteiger partial charge in [-0.25, -0.2) is 0 Å². The zero-order valence-corrected chi connectivity index (χ0v) is 28.5. The molecule has 0 saturated carbocycles. The van der Waals surface area contributed by atoms with Crippen LogP contribution in [0.1, 0.15) is 221 Å². The molecule has 0 spiro atoms. The highest BCUT2D eigenvalue weighted by Gasteiger charge is 2.17. The highest BCUT2D eigenvalue weighted by atomic mass is 15.1. The maximum Gasteiger partial charge on any atom is 0.00926 e. The third-order valence-electron chi connectivity index (χ3n) is 9.42. The molecule has 0 saturated heterocycles. The Morgan fingerprint density at radius 2 is 0.667 bits per heavy atom. The van der Waals surface area contributed by atoms with E-state index in [0.717, 1.165) is 12.0 Å². The van der Waals surface area contributed by atoms with Crippen molar-refractivity contribution in [1.29, 1.82) is 0 Å². The third kappa shape index (κ3) is 26.6. The van der Waals surface area contributed by atoms with Crippen molar-refractivity contribution in [1.82, 2.24) is 4.90 Å². The van der Waals surface area contributed by atoms with E-state index in [9.17, 15) is 0 Å². The van der Waals surface area contributed by atoms with Crippen LogP contribution in [-0.4, -0.2) is 24.0 Å². The van der Waals surface area contributed by atoms with Crippen LogP contribution in [0.15, 0.2) is 0 Å². The summed E-state index contributed by atoms with van der Waals surface area (Å²) in [5.74, 6) is 1.00. The second-order valence-corrected chi connectivity index (χ2v) is 13.2. The summed E-state index contributed by atoms with van der Waals surface area (Å²) < 4.78 is 0. The van der Waals surface area contributed by atoms with Crippen molar-refractivity contribution >= 4 is 0 Å². The van der Waals surface area contributed by atoms with E-state index in [4.69, 9.17) is 0 Å². The van der Waals surface area contributed by atoms with E-state index < -0.39 is 0 Å². The maximum absolute atomic E-state index is 2.86. The lowest BCUT2D eigenvalue weighted by Gasteiger charge is -2.31. The third-order valence-corrected chi connectivity index (χ3v) is 9.42. The summed E-state index contributed by atoms with van der Waals surface area (Å²) in [7, 11) is 0. The molecular formula is C38H79N. The van der Waals surface area contributed by atoms with Gasteiger partial charge in [0.1, 0.15) is 0 Å². The topological polar surface area (TPSA) is 3.24 Å². The molecule has 0 heterocycles. The zero-order chi connectivity index (χ0) is 28.7. The number of rotatable bonds is 33. The molecular weight excluding hydrogens is 470 g/mol. The summed E-state index contributed by atoms with van der Waals surface area (Å²) in [4.78, 5) is 2.86. The summed E-state index contributed by atoms with van der Waals surface area (Å²) in [5.41, 5.74) is 0. The minimum Gasteiger partial charge on any atom is -0.300 e. The first-order chi connectivity index (χ1) is 19.2. The summed E-state index contributed by atoms with van der Waals surface area (Å²) in [5, 5.41) is 0. The van der Waals surface area contributed by atoms with Gasteiger partial charge in [-0.05, 0) is 44.7 Å². The van der Waals surface area contributed by atoms with Crippen molar-refractivity contribution in [3.05, 3.63) is 0 Å². The Morgan fingerprint density at radius 1 is 0.333 bits per heavy atom. The molecule has 0 aliphatic heterocycles. The van der Waals surface area contributed by atoms with Crippen molar-refractivity contribution in [2.75, 3.05) is 13.1 Å². The minimum absolute atomic E-state index is 0.829. The Labute approximate surface area is 250 Å². The van der Waals surface area contributed by atoms with E-state index in [2.05, 4.69) is 39.5 Å². The van der Waals surface area contributed by atoms with Gasteiger partial charge >= 0.3 is 0 Å². The molecule has 0 radical (unpaired) electrons. The quantitative estimate of drug-likeness (QED) is 0.0736. The van der Waals surface area contributed by atoms with E-state index >= 15 is 0 Å². The average Bonchev–Trinajstić information content (AvgIpc) is 2.95. The van der Waals surface area contributed by atoms with Crippen LogP contribution in [0.4, 0.5) is 0 Å². The summed E-state index contributed by atoms with van der Waals surface area (Å²) in [6.45, 7) is 14.5. The molecule has 0 N–H and O–H groups in total. The van der Waals surface area contributed by atoms with Crippen LogP contribution in [0.2, 0.25) is 0 Å². The van der Waals surface area contributed by atoms with Crippen molar-refractivity contribution < 1.29 is 0 Å². The Hall–Kier alpha value is -0.0400. The Bertz CT molecular complexity index is 424. The second-order valence-electron chi connectivity index (χ2n) is 13.2. The van der Waals surface area contributed by atoms with E-state index in [1.54, 1.807) is 0 Å². The van der Waals surface area contributed by atoms with Crippen LogP contribution in [0.25, 0.3) is 0 Å². The largest absolute Gasteiger partial charge is 0.300 e. The van der Waals surface area contributed by atoms with Gasteiger partial charge in [0, 0.05) is 6.04 Å². The predicted octanol–water partition coefficient (Wildman–Crippen LogP) is 13.7. The highest BCUT2D eigenvalue weighted by Crippen LogP contribution is 2.25. The van der Waals surface area contributed by atoms with Gasteiger partial charge < -0.3 is 4.90 Å². The molecule has 2 unspecified atom stereocenters. The lowest BCUT2D eigenvalue weighted by Crippen LogP contribution is -2.36. The molecule has 236 valence electrons. The van der Waals surface area contributed by atoms with Crippen molar-refractivity contribution in [3.8, 4) is 0 Å². The van der Waals surface area contributed by atoms with Crippen LogP contribution >= 0.6 is 0 Å². The average molecular weight is 550 g/mol. The molecule has 0 aromatic rings. The first-order valence-corrected chi connectivity index (χ1v) is 19.0. The predicted molar refractivity (Wildman–Crippen MR) is 181 cm³/mol. The van der Waals surface area contributed by atoms with Gasteiger partial charge in [0.2, 0.25) is 0 Å². The van der Waals surface area contributed by atoms with E-state index in [-0.39, 0.29) is 0 Å². The second kappa shape index (κ2) is 32.5. The molecule has 0 aliphatic rings. The van der Waals surface area contributed by atoms with E-state index in [1.165, 1.54) is 199 Å². The normalized spacial score (nSPS) is 13.4. The maximum atomic E-state index is 2.86. The molecule has 1 nitrogen and oxygen atoms in total. The summed E-state index contributed by atoms with van der Waals surface area (Å²) >= 11 is 0. The lowest BCUT2D eigenvalue weighted by molar-refractivity contribution is 0.170. The molecule has 1 heteroatoms. The molecule has 0 aliphatic carbocycles. The monoisotopic (exact) mass is 550 g/mol. The SMILES string of the molecule is CCCCCCCCCCCCCCCCCCC(CCCCC)CCCC(CC)N(CCCC)CCCC. The van der Waals surface area contributed by atoms with Crippen LogP contribution < -0.4 is 0 Å². The van der Waals surface area contributed by atoms with Gasteiger partial charge in [0.05, 0.1) is 0 Å². The van der Waals surface area contributed by atoms with Gasteiger partial charge in [0.15, 0.2) is 0 Å². The first-order valence-electron chi connectivity index (χ1n) is 19.0. The van der Waals surface area contributed by atoms with Crippen LogP contribution in [-0.2, 0) is 0 Å². The zero-order valence-electron chi connectivity index (χ0n) is 28.5. The molecule has 0 aromatic carbocycles. The van der Waals surface area contributed by atoms with Crippen LogP contribution in [0.3, 0.4) is 0 Å². The molecule has 0 fully saturated rings. The number of hydrogen-bond donors (Lipinski definition) is 0. The Morgan fingerprint density at radius 3 is 1.08 bits per heavy atom. The molecule has 2 atom stereocenters. The Kier molecular flexibility index (Phi) is 32.4.